The van der Waals surface area contributed by atoms with E-state index in [1.807, 2.05) is 19.0 Å². The average molecular weight is 510 g/mol. The van der Waals surface area contributed by atoms with Crippen molar-refractivity contribution < 1.29 is 32.9 Å². The Labute approximate surface area is 211 Å². The monoisotopic (exact) mass is 509 g/mol. The summed E-state index contributed by atoms with van der Waals surface area (Å²) in [5, 5.41) is 10.9. The smallest absolute Gasteiger partial charge is 0.374 e. The number of esters is 1. The van der Waals surface area contributed by atoms with E-state index >= 15 is 0 Å². The Bertz CT molecular complexity index is 1570. The number of ether oxygens (including phenoxy) is 3. The van der Waals surface area contributed by atoms with Gasteiger partial charge in [-0.2, -0.15) is 0 Å². The number of aryl methyl sites for hydroxylation is 1. The number of aliphatic hydroxyl groups is 1. The Kier molecular flexibility index (Phi) is 7.49. The van der Waals surface area contributed by atoms with Gasteiger partial charge in [-0.3, -0.25) is 9.59 Å². The topological polar surface area (TPSA) is 129 Å². The molecule has 0 aliphatic carbocycles. The molecule has 10 heteroatoms. The van der Waals surface area contributed by atoms with E-state index < -0.39 is 17.5 Å². The zero-order valence-electron chi connectivity index (χ0n) is 20.9. The molecule has 1 unspecified atom stereocenters. The number of hydrogen-bond donors (Lipinski definition) is 1. The van der Waals surface area contributed by atoms with Crippen LogP contribution >= 0.6 is 0 Å². The first-order valence-electron chi connectivity index (χ1n) is 11.6. The second-order valence-corrected chi connectivity index (χ2v) is 8.53. The Morgan fingerprint density at radius 2 is 1.62 bits per heavy atom. The summed E-state index contributed by atoms with van der Waals surface area (Å²) in [7, 11) is 3.69. The SMILES string of the molecule is CCOC(=O)c1cc(=O)c2c(OCC(O)COc3cc(N(C)C)cc4oc(C)cc(=O)c34)cccc2o1. The minimum atomic E-state index is -1.10. The molecule has 1 atom stereocenters. The number of hydrogen-bond acceptors (Lipinski definition) is 10. The largest absolute Gasteiger partial charge is 0.490 e. The first kappa shape index (κ1) is 25.8. The van der Waals surface area contributed by atoms with Crippen LogP contribution in [0.3, 0.4) is 0 Å². The van der Waals surface area contributed by atoms with Gasteiger partial charge in [0.25, 0.3) is 0 Å². The summed E-state index contributed by atoms with van der Waals surface area (Å²) in [5.74, 6) is -0.0304. The molecule has 0 radical (unpaired) electrons. The minimum Gasteiger partial charge on any atom is -0.490 e. The van der Waals surface area contributed by atoms with Gasteiger partial charge in [-0.25, -0.2) is 4.79 Å². The van der Waals surface area contributed by atoms with Crippen LogP contribution in [0.5, 0.6) is 11.5 Å². The van der Waals surface area contributed by atoms with Gasteiger partial charge in [0.2, 0.25) is 5.76 Å². The molecular formula is C27H27NO9. The third kappa shape index (κ3) is 5.59. The Hall–Kier alpha value is -4.31. The van der Waals surface area contributed by atoms with Crippen LogP contribution in [0.4, 0.5) is 5.69 Å². The van der Waals surface area contributed by atoms with E-state index in [1.54, 1.807) is 38.1 Å². The standard InChI is InChI=1S/C27H27NO9/c1-5-33-27(32)24-12-19(31)25-20(7-6-8-21(25)37-24)34-13-17(29)14-35-22-10-16(28(3)4)11-23-26(22)18(30)9-15(2)36-23/h6-12,17,29H,5,13-14H2,1-4H3. The van der Waals surface area contributed by atoms with Crippen molar-refractivity contribution in [2.24, 2.45) is 0 Å². The van der Waals surface area contributed by atoms with Crippen LogP contribution in [0.1, 0.15) is 23.2 Å². The highest BCUT2D eigenvalue weighted by molar-refractivity contribution is 5.90. The first-order chi connectivity index (χ1) is 17.7. The Morgan fingerprint density at radius 1 is 0.946 bits per heavy atom. The lowest BCUT2D eigenvalue weighted by atomic mass is 10.1. The molecule has 2 aromatic heterocycles. The summed E-state index contributed by atoms with van der Waals surface area (Å²) in [6.07, 6.45) is -1.10. The van der Waals surface area contributed by atoms with Crippen LogP contribution < -0.4 is 25.2 Å². The number of rotatable bonds is 9. The third-order valence-corrected chi connectivity index (χ3v) is 5.47. The van der Waals surface area contributed by atoms with Crippen LogP contribution in [0.25, 0.3) is 21.9 Å². The molecule has 0 saturated carbocycles. The highest BCUT2D eigenvalue weighted by Crippen LogP contribution is 2.30. The van der Waals surface area contributed by atoms with E-state index in [0.29, 0.717) is 11.3 Å². The molecular weight excluding hydrogens is 482 g/mol. The average Bonchev–Trinajstić information content (AvgIpc) is 2.85. The van der Waals surface area contributed by atoms with Gasteiger partial charge in [0.15, 0.2) is 10.9 Å². The van der Waals surface area contributed by atoms with Gasteiger partial charge in [-0.1, -0.05) is 6.07 Å². The Morgan fingerprint density at radius 3 is 2.32 bits per heavy atom. The molecule has 2 heterocycles. The van der Waals surface area contributed by atoms with Crippen molar-refractivity contribution >= 4 is 33.6 Å². The first-order valence-corrected chi connectivity index (χ1v) is 11.6. The van der Waals surface area contributed by atoms with Gasteiger partial charge >= 0.3 is 5.97 Å². The van der Waals surface area contributed by atoms with Gasteiger partial charge in [0.05, 0.1) is 6.61 Å². The highest BCUT2D eigenvalue weighted by atomic mass is 16.5. The minimum absolute atomic E-state index is 0.126. The zero-order chi connectivity index (χ0) is 26.7. The van der Waals surface area contributed by atoms with E-state index in [0.717, 1.165) is 11.8 Å². The van der Waals surface area contributed by atoms with Crippen LogP contribution in [-0.2, 0) is 4.74 Å². The lowest BCUT2D eigenvalue weighted by Gasteiger charge is -2.18. The summed E-state index contributed by atoms with van der Waals surface area (Å²) in [5.41, 5.74) is 0.537. The molecule has 0 bridgehead atoms. The summed E-state index contributed by atoms with van der Waals surface area (Å²) < 4.78 is 27.6. The van der Waals surface area contributed by atoms with Crippen molar-refractivity contribution in [1.82, 2.24) is 0 Å². The van der Waals surface area contributed by atoms with Crippen molar-refractivity contribution in [2.75, 3.05) is 38.8 Å². The fraction of sp³-hybridized carbons (Fsp3) is 0.296. The van der Waals surface area contributed by atoms with Crippen LogP contribution in [0, 0.1) is 6.92 Å². The number of carbonyl (C=O) groups excluding carboxylic acids is 1. The molecule has 0 spiro atoms. The number of aliphatic hydroxyl groups excluding tert-OH is 1. The molecule has 0 amide bonds. The van der Waals surface area contributed by atoms with Crippen molar-refractivity contribution in [3.63, 3.8) is 0 Å². The number of benzene rings is 2. The fourth-order valence-electron chi connectivity index (χ4n) is 3.75. The quantitative estimate of drug-likeness (QED) is 0.336. The molecule has 10 nitrogen and oxygen atoms in total. The lowest BCUT2D eigenvalue weighted by molar-refractivity contribution is 0.0490. The predicted octanol–water partition coefficient (Wildman–Crippen LogP) is 3.27. The van der Waals surface area contributed by atoms with Crippen molar-refractivity contribution in [1.29, 1.82) is 0 Å². The summed E-state index contributed by atoms with van der Waals surface area (Å²) in [4.78, 5) is 39.1. The summed E-state index contributed by atoms with van der Waals surface area (Å²) in [6.45, 7) is 3.08. The zero-order valence-corrected chi connectivity index (χ0v) is 20.9. The maximum Gasteiger partial charge on any atom is 0.374 e. The van der Waals surface area contributed by atoms with Crippen LogP contribution in [0.15, 0.2) is 60.9 Å². The van der Waals surface area contributed by atoms with Gasteiger partial charge in [-0.05, 0) is 26.0 Å². The lowest BCUT2D eigenvalue weighted by Crippen LogP contribution is -2.25. The molecule has 1 N–H and O–H groups in total. The van der Waals surface area contributed by atoms with E-state index in [4.69, 9.17) is 23.0 Å². The fourth-order valence-corrected chi connectivity index (χ4v) is 3.75. The molecule has 37 heavy (non-hydrogen) atoms. The third-order valence-electron chi connectivity index (χ3n) is 5.47. The van der Waals surface area contributed by atoms with Crippen LogP contribution in [0.2, 0.25) is 0 Å². The van der Waals surface area contributed by atoms with E-state index in [2.05, 4.69) is 0 Å². The molecule has 0 fully saturated rings. The molecule has 0 aliphatic rings. The van der Waals surface area contributed by atoms with E-state index in [9.17, 15) is 19.5 Å². The van der Waals surface area contributed by atoms with E-state index in [1.165, 1.54) is 12.1 Å². The molecule has 4 aromatic rings. The summed E-state index contributed by atoms with van der Waals surface area (Å²) >= 11 is 0. The van der Waals surface area contributed by atoms with Gasteiger partial charge < -0.3 is 33.1 Å². The van der Waals surface area contributed by atoms with Crippen LogP contribution in [-0.4, -0.2) is 51.1 Å². The van der Waals surface area contributed by atoms with Gasteiger partial charge in [0.1, 0.15) is 58.5 Å². The molecule has 2 aromatic carbocycles. The second kappa shape index (κ2) is 10.8. The van der Waals surface area contributed by atoms with Gasteiger partial charge in [-0.15, -0.1) is 0 Å². The van der Waals surface area contributed by atoms with E-state index in [-0.39, 0.29) is 58.9 Å². The molecule has 0 saturated heterocycles. The maximum absolute atomic E-state index is 12.7. The molecule has 194 valence electrons. The second-order valence-electron chi connectivity index (χ2n) is 8.53. The highest BCUT2D eigenvalue weighted by Gasteiger charge is 2.18. The normalized spacial score (nSPS) is 11.9. The maximum atomic E-state index is 12.7. The number of nitrogens with zero attached hydrogens (tertiary/aromatic N) is 1. The number of anilines is 1. The molecule has 4 rings (SSSR count). The predicted molar refractivity (Wildman–Crippen MR) is 137 cm³/mol. The number of carbonyl (C=O) groups is 1. The van der Waals surface area contributed by atoms with Gasteiger partial charge in [0, 0.05) is 44.0 Å². The molecule has 0 aliphatic heterocycles. The van der Waals surface area contributed by atoms with Crippen molar-refractivity contribution in [3.05, 3.63) is 74.4 Å². The summed E-state index contributed by atoms with van der Waals surface area (Å²) in [6, 6.07) is 10.5. The number of fused-ring (bicyclic) bond motifs is 2. The van der Waals surface area contributed by atoms with Crippen molar-refractivity contribution in [3.8, 4) is 11.5 Å². The van der Waals surface area contributed by atoms with Crippen molar-refractivity contribution in [2.45, 2.75) is 20.0 Å². The Balaban J connectivity index is 1.52.